The van der Waals surface area contributed by atoms with Gasteiger partial charge < -0.3 is 21.1 Å². The van der Waals surface area contributed by atoms with Gasteiger partial charge in [-0.15, -0.1) is 0 Å². The van der Waals surface area contributed by atoms with E-state index in [1.807, 2.05) is 32.0 Å². The molecule has 1 atom stereocenters. The highest BCUT2D eigenvalue weighted by atomic mass is 35.5. The monoisotopic (exact) mass is 418 g/mol. The van der Waals surface area contributed by atoms with Crippen LogP contribution in [0.4, 0.5) is 27.9 Å². The number of carbonyl (C=O) groups excluding carboxylic acids is 2. The van der Waals surface area contributed by atoms with Gasteiger partial charge in [-0.1, -0.05) is 25.4 Å². The summed E-state index contributed by atoms with van der Waals surface area (Å²) in [4.78, 5) is 33.5. The van der Waals surface area contributed by atoms with Crippen LogP contribution in [0.1, 0.15) is 19.4 Å². The van der Waals surface area contributed by atoms with E-state index in [0.717, 1.165) is 16.9 Å². The molecule has 3 rings (SSSR count). The molecule has 0 aliphatic carbocycles. The lowest BCUT2D eigenvalue weighted by Crippen LogP contribution is -2.39. The molecule has 154 valence electrons. The number of aromatic nitrogens is 2. The Kier molecular flexibility index (Phi) is 6.07. The average molecular weight is 419 g/mol. The Morgan fingerprint density at radius 3 is 2.83 bits per heavy atom. The zero-order valence-corrected chi connectivity index (χ0v) is 17.2. The first kappa shape index (κ1) is 20.7. The molecular weight excluding hydrogens is 396 g/mol. The summed E-state index contributed by atoms with van der Waals surface area (Å²) < 4.78 is 5.14. The number of hydrogen-bond acceptors (Lipinski definition) is 7. The van der Waals surface area contributed by atoms with Gasteiger partial charge in [0.05, 0.1) is 18.5 Å². The first-order valence-corrected chi connectivity index (χ1v) is 9.53. The number of anilines is 4. The quantitative estimate of drug-likeness (QED) is 0.659. The van der Waals surface area contributed by atoms with Crippen molar-refractivity contribution in [2.45, 2.75) is 26.3 Å². The van der Waals surface area contributed by atoms with Crippen LogP contribution in [-0.4, -0.2) is 41.7 Å². The van der Waals surface area contributed by atoms with Gasteiger partial charge in [-0.2, -0.15) is 4.98 Å². The molecule has 1 aliphatic heterocycles. The zero-order chi connectivity index (χ0) is 21.1. The molecule has 4 N–H and O–H groups in total. The molecule has 0 bridgehead atoms. The highest BCUT2D eigenvalue weighted by Crippen LogP contribution is 2.29. The summed E-state index contributed by atoms with van der Waals surface area (Å²) in [6, 6.07) is 4.95. The molecule has 2 aromatic rings. The van der Waals surface area contributed by atoms with Gasteiger partial charge >= 0.3 is 6.09 Å². The van der Waals surface area contributed by atoms with E-state index in [-0.39, 0.29) is 17.0 Å². The van der Waals surface area contributed by atoms with Gasteiger partial charge in [-0.3, -0.25) is 9.69 Å². The first-order chi connectivity index (χ1) is 13.8. The second kappa shape index (κ2) is 8.52. The zero-order valence-electron chi connectivity index (χ0n) is 16.4. The SMILES string of the molecule is CC(C)[C@H](Nc1nc(Nc2ccc3c(c2)CCOC(=O)N3C)ncc1Cl)C(N)=O. The Balaban J connectivity index is 1.83. The number of primary amides is 1. The lowest BCUT2D eigenvalue weighted by Gasteiger charge is -2.20. The average Bonchev–Trinajstić information content (AvgIpc) is 2.80. The van der Waals surface area contributed by atoms with Crippen molar-refractivity contribution in [1.82, 2.24) is 9.97 Å². The third-order valence-corrected chi connectivity index (χ3v) is 4.85. The Hall–Kier alpha value is -3.07. The van der Waals surface area contributed by atoms with Crippen molar-refractivity contribution in [3.8, 4) is 0 Å². The molecule has 1 aromatic carbocycles. The van der Waals surface area contributed by atoms with Crippen LogP contribution in [0.2, 0.25) is 5.02 Å². The maximum Gasteiger partial charge on any atom is 0.414 e. The lowest BCUT2D eigenvalue weighted by atomic mass is 10.0. The minimum absolute atomic E-state index is 0.0403. The topological polar surface area (TPSA) is 122 Å². The van der Waals surface area contributed by atoms with E-state index >= 15 is 0 Å². The number of carbonyl (C=O) groups is 2. The van der Waals surface area contributed by atoms with E-state index < -0.39 is 11.9 Å². The van der Waals surface area contributed by atoms with Gasteiger partial charge in [-0.25, -0.2) is 9.78 Å². The number of nitrogens with one attached hydrogen (secondary N) is 2. The van der Waals surface area contributed by atoms with Crippen LogP contribution >= 0.6 is 11.6 Å². The smallest absolute Gasteiger partial charge is 0.414 e. The van der Waals surface area contributed by atoms with Crippen LogP contribution < -0.4 is 21.3 Å². The summed E-state index contributed by atoms with van der Waals surface area (Å²) in [6.07, 6.45) is 1.67. The van der Waals surface area contributed by atoms with Crippen molar-refractivity contribution < 1.29 is 14.3 Å². The van der Waals surface area contributed by atoms with E-state index in [9.17, 15) is 9.59 Å². The number of amides is 2. The van der Waals surface area contributed by atoms with Crippen LogP contribution in [0.15, 0.2) is 24.4 Å². The van der Waals surface area contributed by atoms with Crippen LogP contribution in [0.5, 0.6) is 0 Å². The highest BCUT2D eigenvalue weighted by Gasteiger charge is 2.22. The maximum absolute atomic E-state index is 11.8. The van der Waals surface area contributed by atoms with Crippen molar-refractivity contribution in [3.05, 3.63) is 35.0 Å². The molecule has 29 heavy (non-hydrogen) atoms. The van der Waals surface area contributed by atoms with E-state index in [1.54, 1.807) is 7.05 Å². The van der Waals surface area contributed by atoms with Gasteiger partial charge in [0.1, 0.15) is 11.1 Å². The Labute approximate surface area is 173 Å². The number of benzene rings is 1. The third-order valence-electron chi connectivity index (χ3n) is 4.58. The molecular formula is C19H23ClN6O3. The molecule has 1 aliphatic rings. The van der Waals surface area contributed by atoms with Gasteiger partial charge in [-0.05, 0) is 29.7 Å². The number of rotatable bonds is 6. The van der Waals surface area contributed by atoms with Crippen molar-refractivity contribution in [2.24, 2.45) is 11.7 Å². The van der Waals surface area contributed by atoms with Crippen molar-refractivity contribution in [3.63, 3.8) is 0 Å². The van der Waals surface area contributed by atoms with Crippen molar-refractivity contribution in [2.75, 3.05) is 29.2 Å². The van der Waals surface area contributed by atoms with E-state index in [2.05, 4.69) is 20.6 Å². The van der Waals surface area contributed by atoms with Crippen molar-refractivity contribution in [1.29, 1.82) is 0 Å². The Morgan fingerprint density at radius 1 is 1.38 bits per heavy atom. The minimum Gasteiger partial charge on any atom is -0.449 e. The van der Waals surface area contributed by atoms with Gasteiger partial charge in [0.2, 0.25) is 11.9 Å². The molecule has 2 heterocycles. The summed E-state index contributed by atoms with van der Waals surface area (Å²) in [5, 5.41) is 6.38. The molecule has 2 amide bonds. The maximum atomic E-state index is 11.8. The largest absolute Gasteiger partial charge is 0.449 e. The third kappa shape index (κ3) is 4.68. The summed E-state index contributed by atoms with van der Waals surface area (Å²) in [5.41, 5.74) is 7.95. The fraction of sp³-hybridized carbons (Fsp3) is 0.368. The van der Waals surface area contributed by atoms with Gasteiger partial charge in [0.15, 0.2) is 5.82 Å². The summed E-state index contributed by atoms with van der Waals surface area (Å²) in [5.74, 6) is 0.0885. The number of ether oxygens (including phenoxy) is 1. The Morgan fingerprint density at radius 2 is 2.14 bits per heavy atom. The fourth-order valence-corrected chi connectivity index (χ4v) is 3.15. The van der Waals surface area contributed by atoms with Crippen LogP contribution in [0, 0.1) is 5.92 Å². The number of nitrogens with zero attached hydrogens (tertiary/aromatic N) is 3. The molecule has 9 nitrogen and oxygen atoms in total. The summed E-state index contributed by atoms with van der Waals surface area (Å²) in [7, 11) is 1.67. The van der Waals surface area contributed by atoms with Gasteiger partial charge in [0.25, 0.3) is 0 Å². The predicted molar refractivity (Wildman–Crippen MR) is 112 cm³/mol. The number of hydrogen-bond donors (Lipinski definition) is 3. The summed E-state index contributed by atoms with van der Waals surface area (Å²) in [6.45, 7) is 4.06. The van der Waals surface area contributed by atoms with Crippen molar-refractivity contribution >= 4 is 46.7 Å². The molecule has 1 aromatic heterocycles. The minimum atomic E-state index is -0.615. The molecule has 10 heteroatoms. The van der Waals surface area contributed by atoms with E-state index in [0.29, 0.717) is 24.8 Å². The van der Waals surface area contributed by atoms with Crippen LogP contribution in [0.3, 0.4) is 0 Å². The number of cyclic esters (lactones) is 1. The first-order valence-electron chi connectivity index (χ1n) is 9.15. The Bertz CT molecular complexity index is 936. The highest BCUT2D eigenvalue weighted by molar-refractivity contribution is 6.32. The van der Waals surface area contributed by atoms with Gasteiger partial charge in [0, 0.05) is 19.2 Å². The van der Waals surface area contributed by atoms with E-state index in [1.165, 1.54) is 11.1 Å². The van der Waals surface area contributed by atoms with E-state index in [4.69, 9.17) is 22.1 Å². The van der Waals surface area contributed by atoms with Crippen LogP contribution in [-0.2, 0) is 16.0 Å². The number of fused-ring (bicyclic) bond motifs is 1. The lowest BCUT2D eigenvalue weighted by molar-refractivity contribution is -0.119. The molecule has 0 saturated heterocycles. The second-order valence-electron chi connectivity index (χ2n) is 7.05. The molecule has 0 radical (unpaired) electrons. The molecule has 0 saturated carbocycles. The summed E-state index contributed by atoms with van der Waals surface area (Å²) >= 11 is 6.18. The number of halogens is 1. The van der Waals surface area contributed by atoms with Crippen LogP contribution in [0.25, 0.3) is 0 Å². The number of nitrogens with two attached hydrogens (primary N) is 1. The molecule has 0 unspecified atom stereocenters. The normalized spacial score (nSPS) is 14.7. The molecule has 0 fully saturated rings. The standard InChI is InChI=1S/C19H23ClN6O3/c1-10(2)15(16(21)27)24-17-13(20)9-22-18(25-17)23-12-4-5-14-11(8-12)6-7-29-19(28)26(14)3/h4-5,8-10,15H,6-7H2,1-3H3,(H2,21,27)(H2,22,23,24,25)/t15-/m0/s1. The molecule has 0 spiro atoms. The fourth-order valence-electron chi connectivity index (χ4n) is 3.01. The second-order valence-corrected chi connectivity index (χ2v) is 7.46. The predicted octanol–water partition coefficient (Wildman–Crippen LogP) is 2.92.